The van der Waals surface area contributed by atoms with Gasteiger partial charge in [-0.25, -0.2) is 4.98 Å². The normalized spacial score (nSPS) is 11.5. The summed E-state index contributed by atoms with van der Waals surface area (Å²) in [6.45, 7) is 2.17. The summed E-state index contributed by atoms with van der Waals surface area (Å²) in [4.78, 5) is 6.01. The summed E-state index contributed by atoms with van der Waals surface area (Å²) < 4.78 is 2.50. The fraction of sp³-hybridized carbons (Fsp3) is 0.0625. The largest absolute Gasteiger partial charge is 0.235 e. The third-order valence-electron chi connectivity index (χ3n) is 3.39. The number of thiazole rings is 1. The summed E-state index contributed by atoms with van der Waals surface area (Å²) in [5.41, 5.74) is 2.30. The zero-order valence-electron chi connectivity index (χ0n) is 10.7. The zero-order valence-corrected chi connectivity index (χ0v) is 13.1. The molecule has 2 aromatic carbocycles. The van der Waals surface area contributed by atoms with Crippen molar-refractivity contribution in [3.05, 3.63) is 53.1 Å². The summed E-state index contributed by atoms with van der Waals surface area (Å²) in [7, 11) is 0. The Hall–Kier alpha value is -1.42. The van der Waals surface area contributed by atoms with Gasteiger partial charge in [0.25, 0.3) is 0 Å². The van der Waals surface area contributed by atoms with Gasteiger partial charge in [0.05, 0.1) is 15.1 Å². The second kappa shape index (κ2) is 4.55. The molecule has 98 valence electrons. The number of thiophene rings is 1. The van der Waals surface area contributed by atoms with Crippen molar-refractivity contribution < 1.29 is 0 Å². The minimum atomic E-state index is 0.738. The fourth-order valence-corrected chi connectivity index (χ4v) is 4.83. The number of hydrogen-bond acceptors (Lipinski definition) is 3. The van der Waals surface area contributed by atoms with Crippen LogP contribution in [0.5, 0.6) is 0 Å². The van der Waals surface area contributed by atoms with E-state index in [9.17, 15) is 0 Å². The average molecular weight is 316 g/mol. The van der Waals surface area contributed by atoms with Crippen molar-refractivity contribution in [3.63, 3.8) is 0 Å². The van der Waals surface area contributed by atoms with Gasteiger partial charge < -0.3 is 0 Å². The molecular weight excluding hydrogens is 306 g/mol. The van der Waals surface area contributed by atoms with Crippen LogP contribution in [0.25, 0.3) is 30.2 Å². The molecular formula is C16H10ClNS2. The van der Waals surface area contributed by atoms with E-state index in [0.717, 1.165) is 15.5 Å². The molecule has 0 aliphatic carbocycles. The number of aromatic nitrogens is 1. The highest BCUT2D eigenvalue weighted by Crippen LogP contribution is 2.41. The first-order valence-corrected chi connectivity index (χ1v) is 8.28. The Morgan fingerprint density at radius 1 is 1.00 bits per heavy atom. The number of fused-ring (bicyclic) bond motifs is 2. The maximum atomic E-state index is 6.04. The molecule has 1 nitrogen and oxygen atoms in total. The summed E-state index contributed by atoms with van der Waals surface area (Å²) in [6.07, 6.45) is 0. The van der Waals surface area contributed by atoms with Crippen LogP contribution in [-0.2, 0) is 0 Å². The zero-order chi connectivity index (χ0) is 13.7. The van der Waals surface area contributed by atoms with Gasteiger partial charge in [-0.05, 0) is 42.1 Å². The van der Waals surface area contributed by atoms with Gasteiger partial charge in [-0.3, -0.25) is 0 Å². The molecule has 0 bridgehead atoms. The molecule has 0 saturated carbocycles. The van der Waals surface area contributed by atoms with Crippen molar-refractivity contribution in [2.45, 2.75) is 6.92 Å². The van der Waals surface area contributed by atoms with Crippen molar-refractivity contribution in [3.8, 4) is 9.88 Å². The highest BCUT2D eigenvalue weighted by molar-refractivity contribution is 7.28. The maximum absolute atomic E-state index is 6.04. The summed E-state index contributed by atoms with van der Waals surface area (Å²) in [6, 6.07) is 14.4. The maximum Gasteiger partial charge on any atom is 0.134 e. The van der Waals surface area contributed by atoms with E-state index in [1.54, 1.807) is 11.3 Å². The van der Waals surface area contributed by atoms with Crippen molar-refractivity contribution >= 4 is 54.6 Å². The Kier molecular flexibility index (Phi) is 2.81. The Labute approximate surface area is 129 Å². The molecule has 2 heterocycles. The molecule has 4 rings (SSSR count). The van der Waals surface area contributed by atoms with Gasteiger partial charge >= 0.3 is 0 Å². The van der Waals surface area contributed by atoms with Gasteiger partial charge in [-0.15, -0.1) is 22.7 Å². The highest BCUT2D eigenvalue weighted by atomic mass is 35.5. The number of rotatable bonds is 1. The predicted molar refractivity (Wildman–Crippen MR) is 90.2 cm³/mol. The van der Waals surface area contributed by atoms with E-state index in [-0.39, 0.29) is 0 Å². The van der Waals surface area contributed by atoms with Crippen molar-refractivity contribution in [2.75, 3.05) is 0 Å². The third-order valence-corrected chi connectivity index (χ3v) is 6.09. The first-order chi connectivity index (χ1) is 9.72. The Bertz CT molecular complexity index is 936. The molecule has 0 amide bonds. The first-order valence-electron chi connectivity index (χ1n) is 6.27. The van der Waals surface area contributed by atoms with Crippen LogP contribution in [0.15, 0.2) is 42.5 Å². The van der Waals surface area contributed by atoms with Gasteiger partial charge in [-0.1, -0.05) is 29.8 Å². The summed E-state index contributed by atoms with van der Waals surface area (Å²) in [5.74, 6) is 0. The lowest BCUT2D eigenvalue weighted by Gasteiger charge is -1.92. The van der Waals surface area contributed by atoms with Crippen LogP contribution in [0.1, 0.15) is 5.56 Å². The number of aryl methyl sites for hydroxylation is 1. The highest BCUT2D eigenvalue weighted by Gasteiger charge is 2.14. The van der Waals surface area contributed by atoms with E-state index in [2.05, 4.69) is 31.2 Å². The monoisotopic (exact) mass is 315 g/mol. The van der Waals surface area contributed by atoms with Crippen LogP contribution in [0, 0.1) is 6.92 Å². The summed E-state index contributed by atoms with van der Waals surface area (Å²) in [5, 5.41) is 3.15. The van der Waals surface area contributed by atoms with Crippen molar-refractivity contribution in [2.24, 2.45) is 0 Å². The molecule has 20 heavy (non-hydrogen) atoms. The molecule has 0 N–H and O–H groups in total. The van der Waals surface area contributed by atoms with E-state index >= 15 is 0 Å². The molecule has 0 aliphatic heterocycles. The second-order valence-corrected chi connectivity index (χ2v) is 7.20. The second-order valence-electron chi connectivity index (χ2n) is 4.68. The first kappa shape index (κ1) is 12.3. The van der Waals surface area contributed by atoms with E-state index in [4.69, 9.17) is 16.6 Å². The van der Waals surface area contributed by atoms with Crippen LogP contribution in [-0.4, -0.2) is 4.98 Å². The molecule has 0 aliphatic rings. The van der Waals surface area contributed by atoms with Crippen molar-refractivity contribution in [1.82, 2.24) is 4.98 Å². The van der Waals surface area contributed by atoms with Gasteiger partial charge in [0.1, 0.15) is 5.01 Å². The lowest BCUT2D eigenvalue weighted by atomic mass is 10.1. The molecule has 2 aromatic heterocycles. The topological polar surface area (TPSA) is 12.9 Å². The van der Waals surface area contributed by atoms with Crippen LogP contribution in [0.3, 0.4) is 0 Å². The predicted octanol–water partition coefficient (Wildman–Crippen LogP) is 6.14. The van der Waals surface area contributed by atoms with E-state index in [1.165, 1.54) is 25.2 Å². The lowest BCUT2D eigenvalue weighted by Crippen LogP contribution is -1.74. The minimum Gasteiger partial charge on any atom is -0.235 e. The smallest absolute Gasteiger partial charge is 0.134 e. The van der Waals surface area contributed by atoms with E-state index in [1.807, 2.05) is 29.5 Å². The molecule has 0 atom stereocenters. The van der Waals surface area contributed by atoms with Crippen LogP contribution in [0.4, 0.5) is 0 Å². The van der Waals surface area contributed by atoms with Crippen LogP contribution in [0.2, 0.25) is 5.02 Å². The molecule has 0 radical (unpaired) electrons. The van der Waals surface area contributed by atoms with Gasteiger partial charge in [0.2, 0.25) is 0 Å². The SMILES string of the molecule is Cc1c(-c2nc3cc(Cl)ccc3s2)sc2ccccc12. The number of hydrogen-bond donors (Lipinski definition) is 0. The Balaban J connectivity index is 1.98. The van der Waals surface area contributed by atoms with Gasteiger partial charge in [-0.2, -0.15) is 0 Å². The molecule has 0 saturated heterocycles. The quantitative estimate of drug-likeness (QED) is 0.411. The molecule has 4 heteroatoms. The molecule has 4 aromatic rings. The van der Waals surface area contributed by atoms with E-state index < -0.39 is 0 Å². The van der Waals surface area contributed by atoms with Crippen LogP contribution < -0.4 is 0 Å². The van der Waals surface area contributed by atoms with E-state index in [0.29, 0.717) is 0 Å². The molecule has 0 fully saturated rings. The number of halogens is 1. The molecule has 0 unspecified atom stereocenters. The fourth-order valence-electron chi connectivity index (χ4n) is 2.38. The third kappa shape index (κ3) is 1.85. The standard InChI is InChI=1S/C16H10ClNS2/c1-9-11-4-2-3-5-13(11)19-15(9)16-18-12-8-10(17)6-7-14(12)20-16/h2-8H,1H3. The Morgan fingerprint density at radius 2 is 1.85 bits per heavy atom. The number of benzene rings is 2. The molecule has 0 spiro atoms. The summed E-state index contributed by atoms with van der Waals surface area (Å²) >= 11 is 9.58. The minimum absolute atomic E-state index is 0.738. The van der Waals surface area contributed by atoms with Gasteiger partial charge in [0.15, 0.2) is 0 Å². The Morgan fingerprint density at radius 3 is 2.70 bits per heavy atom. The van der Waals surface area contributed by atoms with Crippen LogP contribution >= 0.6 is 34.3 Å². The number of nitrogens with zero attached hydrogens (tertiary/aromatic N) is 1. The lowest BCUT2D eigenvalue weighted by molar-refractivity contribution is 1.48. The van der Waals surface area contributed by atoms with Crippen molar-refractivity contribution in [1.29, 1.82) is 0 Å². The van der Waals surface area contributed by atoms with Gasteiger partial charge in [0, 0.05) is 9.72 Å². The average Bonchev–Trinajstić information content (AvgIpc) is 3.00.